The first-order valence-corrected chi connectivity index (χ1v) is 6.68. The molecule has 19 heavy (non-hydrogen) atoms. The van der Waals surface area contributed by atoms with Crippen LogP contribution in [0.3, 0.4) is 0 Å². The predicted molar refractivity (Wildman–Crippen MR) is 81.1 cm³/mol. The molecular formula is C15H16BrNO2. The van der Waals surface area contributed by atoms with Gasteiger partial charge < -0.3 is 15.2 Å². The molecule has 0 spiro atoms. The molecule has 0 amide bonds. The Labute approximate surface area is 121 Å². The van der Waals surface area contributed by atoms with Crippen LogP contribution in [0.2, 0.25) is 0 Å². The van der Waals surface area contributed by atoms with Gasteiger partial charge in [-0.25, -0.2) is 0 Å². The van der Waals surface area contributed by atoms with Crippen molar-refractivity contribution in [1.82, 2.24) is 0 Å². The van der Waals surface area contributed by atoms with Crippen LogP contribution in [0.25, 0.3) is 0 Å². The maximum Gasteiger partial charge on any atom is 0.133 e. The molecule has 2 rings (SSSR count). The number of hydrogen-bond acceptors (Lipinski definition) is 3. The van der Waals surface area contributed by atoms with Crippen LogP contribution >= 0.6 is 15.9 Å². The average Bonchev–Trinajstić information content (AvgIpc) is 2.34. The highest BCUT2D eigenvalue weighted by Gasteiger charge is 2.08. The zero-order chi connectivity index (χ0) is 14.0. The van der Waals surface area contributed by atoms with Crippen LogP contribution in [0.15, 0.2) is 34.8 Å². The molecule has 0 heterocycles. The fraction of sp³-hybridized carbons (Fsp3) is 0.200. The highest BCUT2D eigenvalue weighted by atomic mass is 79.9. The number of nitrogens with two attached hydrogens (primary N) is 1. The maximum absolute atomic E-state index is 5.93. The Bertz CT molecular complexity index is 588. The van der Waals surface area contributed by atoms with Crippen molar-refractivity contribution >= 4 is 21.6 Å². The van der Waals surface area contributed by atoms with Gasteiger partial charge in [-0.15, -0.1) is 0 Å². The molecule has 0 aliphatic heterocycles. The van der Waals surface area contributed by atoms with E-state index in [0.29, 0.717) is 0 Å². The fourth-order valence-corrected chi connectivity index (χ4v) is 2.49. The minimum atomic E-state index is 0.748. The van der Waals surface area contributed by atoms with Crippen molar-refractivity contribution < 1.29 is 9.47 Å². The molecule has 4 heteroatoms. The molecule has 0 bridgehead atoms. The lowest BCUT2D eigenvalue weighted by molar-refractivity contribution is 0.410. The Morgan fingerprint density at radius 1 is 1.05 bits per heavy atom. The van der Waals surface area contributed by atoms with E-state index in [1.54, 1.807) is 7.11 Å². The van der Waals surface area contributed by atoms with Gasteiger partial charge in [0, 0.05) is 5.69 Å². The van der Waals surface area contributed by atoms with Gasteiger partial charge in [0.2, 0.25) is 0 Å². The molecule has 0 saturated carbocycles. The summed E-state index contributed by atoms with van der Waals surface area (Å²) in [5, 5.41) is 0. The molecule has 0 unspecified atom stereocenters. The van der Waals surface area contributed by atoms with E-state index in [9.17, 15) is 0 Å². The molecule has 3 nitrogen and oxygen atoms in total. The summed E-state index contributed by atoms with van der Waals surface area (Å²) in [5.74, 6) is 2.37. The lowest BCUT2D eigenvalue weighted by atomic mass is 10.1. The highest BCUT2D eigenvalue weighted by Crippen LogP contribution is 2.34. The van der Waals surface area contributed by atoms with Crippen molar-refractivity contribution in [1.29, 1.82) is 0 Å². The van der Waals surface area contributed by atoms with E-state index in [0.717, 1.165) is 38.5 Å². The second-order valence-corrected chi connectivity index (χ2v) is 5.24. The molecule has 0 saturated heterocycles. The van der Waals surface area contributed by atoms with Crippen LogP contribution in [0.1, 0.15) is 11.1 Å². The van der Waals surface area contributed by atoms with Crippen molar-refractivity contribution in [2.45, 2.75) is 13.8 Å². The minimum absolute atomic E-state index is 0.748. The second-order valence-electron chi connectivity index (χ2n) is 4.38. The first-order valence-electron chi connectivity index (χ1n) is 5.89. The first kappa shape index (κ1) is 13.7. The van der Waals surface area contributed by atoms with E-state index in [4.69, 9.17) is 15.2 Å². The average molecular weight is 322 g/mol. The molecule has 100 valence electrons. The molecule has 2 aromatic carbocycles. The Morgan fingerprint density at radius 2 is 1.68 bits per heavy atom. The summed E-state index contributed by atoms with van der Waals surface area (Å²) >= 11 is 3.44. The number of ether oxygens (including phenoxy) is 2. The molecule has 0 aliphatic rings. The van der Waals surface area contributed by atoms with Gasteiger partial charge in [0.15, 0.2) is 0 Å². The third-order valence-corrected chi connectivity index (χ3v) is 3.45. The maximum atomic E-state index is 5.93. The van der Waals surface area contributed by atoms with Gasteiger partial charge in [0.1, 0.15) is 17.2 Å². The first-order chi connectivity index (χ1) is 9.01. The standard InChI is InChI=1S/C15H16BrNO2/c1-9-6-11(17)7-10(2)15(9)19-12-4-5-14(18-3)13(16)8-12/h4-8H,17H2,1-3H3. The lowest BCUT2D eigenvalue weighted by Crippen LogP contribution is -1.94. The summed E-state index contributed by atoms with van der Waals surface area (Å²) in [5.41, 5.74) is 8.59. The van der Waals surface area contributed by atoms with Crippen LogP contribution < -0.4 is 15.2 Å². The molecule has 0 aliphatic carbocycles. The van der Waals surface area contributed by atoms with Crippen molar-refractivity contribution in [3.8, 4) is 17.2 Å². The number of nitrogen functional groups attached to an aromatic ring is 1. The zero-order valence-electron chi connectivity index (χ0n) is 11.2. The quantitative estimate of drug-likeness (QED) is 0.849. The van der Waals surface area contributed by atoms with Crippen molar-refractivity contribution in [3.63, 3.8) is 0 Å². The van der Waals surface area contributed by atoms with Crippen molar-refractivity contribution in [2.75, 3.05) is 12.8 Å². The number of aryl methyl sites for hydroxylation is 2. The van der Waals surface area contributed by atoms with E-state index in [1.165, 1.54) is 0 Å². The number of benzene rings is 2. The minimum Gasteiger partial charge on any atom is -0.496 e. The van der Waals surface area contributed by atoms with Gasteiger partial charge >= 0.3 is 0 Å². The Kier molecular flexibility index (Phi) is 4.00. The summed E-state index contributed by atoms with van der Waals surface area (Å²) < 4.78 is 12.0. The fourth-order valence-electron chi connectivity index (χ4n) is 1.97. The van der Waals surface area contributed by atoms with Crippen LogP contribution in [0.5, 0.6) is 17.2 Å². The van der Waals surface area contributed by atoms with E-state index >= 15 is 0 Å². The number of methoxy groups -OCH3 is 1. The van der Waals surface area contributed by atoms with Gasteiger partial charge in [0.25, 0.3) is 0 Å². The third kappa shape index (κ3) is 3.01. The SMILES string of the molecule is COc1ccc(Oc2c(C)cc(N)cc2C)cc1Br. The molecule has 0 aromatic heterocycles. The topological polar surface area (TPSA) is 44.5 Å². The monoisotopic (exact) mass is 321 g/mol. The van der Waals surface area contributed by atoms with Crippen molar-refractivity contribution in [2.24, 2.45) is 0 Å². The number of hydrogen-bond donors (Lipinski definition) is 1. The molecule has 2 N–H and O–H groups in total. The highest BCUT2D eigenvalue weighted by molar-refractivity contribution is 9.10. The Balaban J connectivity index is 2.34. The lowest BCUT2D eigenvalue weighted by Gasteiger charge is -2.13. The Morgan fingerprint density at radius 3 is 2.21 bits per heavy atom. The zero-order valence-corrected chi connectivity index (χ0v) is 12.7. The number of halogens is 1. The summed E-state index contributed by atoms with van der Waals surface area (Å²) in [6, 6.07) is 9.43. The van der Waals surface area contributed by atoms with E-state index in [1.807, 2.05) is 44.2 Å². The van der Waals surface area contributed by atoms with Crippen LogP contribution in [0.4, 0.5) is 5.69 Å². The summed E-state index contributed by atoms with van der Waals surface area (Å²) in [4.78, 5) is 0. The van der Waals surface area contributed by atoms with Crippen LogP contribution in [-0.4, -0.2) is 7.11 Å². The number of anilines is 1. The van der Waals surface area contributed by atoms with E-state index in [-0.39, 0.29) is 0 Å². The summed E-state index contributed by atoms with van der Waals surface area (Å²) in [7, 11) is 1.63. The smallest absolute Gasteiger partial charge is 0.133 e. The molecule has 0 radical (unpaired) electrons. The third-order valence-electron chi connectivity index (χ3n) is 2.83. The second kappa shape index (κ2) is 5.53. The summed E-state index contributed by atoms with van der Waals surface area (Å²) in [6.07, 6.45) is 0. The van der Waals surface area contributed by atoms with E-state index in [2.05, 4.69) is 15.9 Å². The largest absolute Gasteiger partial charge is 0.496 e. The van der Waals surface area contributed by atoms with Gasteiger partial charge in [-0.1, -0.05) is 0 Å². The normalized spacial score (nSPS) is 10.3. The van der Waals surface area contributed by atoms with Gasteiger partial charge in [-0.2, -0.15) is 0 Å². The number of rotatable bonds is 3. The van der Waals surface area contributed by atoms with Crippen LogP contribution in [0, 0.1) is 13.8 Å². The molecule has 2 aromatic rings. The molecule has 0 atom stereocenters. The van der Waals surface area contributed by atoms with Gasteiger partial charge in [-0.3, -0.25) is 0 Å². The van der Waals surface area contributed by atoms with Gasteiger partial charge in [-0.05, 0) is 71.2 Å². The summed E-state index contributed by atoms with van der Waals surface area (Å²) in [6.45, 7) is 3.97. The molecule has 0 fully saturated rings. The molecular weight excluding hydrogens is 306 g/mol. The van der Waals surface area contributed by atoms with Crippen molar-refractivity contribution in [3.05, 3.63) is 45.9 Å². The van der Waals surface area contributed by atoms with Crippen LogP contribution in [-0.2, 0) is 0 Å². The predicted octanol–water partition coefficient (Wildman–Crippen LogP) is 4.45. The van der Waals surface area contributed by atoms with E-state index < -0.39 is 0 Å². The Hall–Kier alpha value is -1.68. The van der Waals surface area contributed by atoms with Gasteiger partial charge in [0.05, 0.1) is 11.6 Å².